The number of unbranched alkanes of at least 4 members (excludes halogenated alkanes) is 5. The average molecular weight is 625 g/mol. The molecular weight excluding hydrogens is 564 g/mol. The first-order chi connectivity index (χ1) is 22.0. The van der Waals surface area contributed by atoms with Crippen LogP contribution in [0.1, 0.15) is 124 Å². The largest absolute Gasteiger partial charge is 0.462 e. The first kappa shape index (κ1) is 41.6. The zero-order chi connectivity index (χ0) is 33.1. The van der Waals surface area contributed by atoms with Crippen LogP contribution < -0.4 is 0 Å². The third-order valence-electron chi connectivity index (χ3n) is 6.43. The third-order valence-corrected chi connectivity index (χ3v) is 6.43. The topological polar surface area (TPSA) is 78.9 Å². The van der Waals surface area contributed by atoms with Crippen molar-refractivity contribution in [2.24, 2.45) is 0 Å². The highest BCUT2D eigenvalue weighted by Crippen LogP contribution is 2.07. The minimum Gasteiger partial charge on any atom is -0.462 e. The molecule has 0 rings (SSSR count). The van der Waals surface area contributed by atoms with Crippen LogP contribution >= 0.6 is 0 Å². The molecule has 6 nitrogen and oxygen atoms in total. The Morgan fingerprint density at radius 1 is 0.489 bits per heavy atom. The summed E-state index contributed by atoms with van der Waals surface area (Å²) >= 11 is 0. The molecule has 0 aliphatic carbocycles. The number of esters is 3. The first-order valence-electron chi connectivity index (χ1n) is 17.1. The van der Waals surface area contributed by atoms with Crippen molar-refractivity contribution in [1.29, 1.82) is 0 Å². The van der Waals surface area contributed by atoms with Gasteiger partial charge in [0, 0.05) is 6.42 Å². The molecule has 252 valence electrons. The minimum absolute atomic E-state index is 0.0806. The van der Waals surface area contributed by atoms with Gasteiger partial charge in [-0.1, -0.05) is 125 Å². The van der Waals surface area contributed by atoms with Crippen molar-refractivity contribution in [2.75, 3.05) is 13.2 Å². The number of carbonyl (C=O) groups excluding carboxylic acids is 3. The zero-order valence-electron chi connectivity index (χ0n) is 28.3. The van der Waals surface area contributed by atoms with Gasteiger partial charge in [0.05, 0.1) is 12.8 Å². The number of ether oxygens (including phenoxy) is 3. The van der Waals surface area contributed by atoms with Crippen LogP contribution in [0.5, 0.6) is 0 Å². The summed E-state index contributed by atoms with van der Waals surface area (Å²) in [5, 5.41) is 0. The van der Waals surface area contributed by atoms with E-state index < -0.39 is 18.0 Å². The van der Waals surface area contributed by atoms with Crippen molar-refractivity contribution in [3.8, 4) is 0 Å². The molecule has 0 aromatic heterocycles. The Morgan fingerprint density at radius 2 is 0.956 bits per heavy atom. The van der Waals surface area contributed by atoms with Crippen molar-refractivity contribution in [3.63, 3.8) is 0 Å². The van der Waals surface area contributed by atoms with Crippen LogP contribution in [0.25, 0.3) is 0 Å². The first-order valence-corrected chi connectivity index (χ1v) is 17.1. The molecule has 0 amide bonds. The fraction of sp³-hybridized carbons (Fsp3) is 0.564. The predicted molar refractivity (Wildman–Crippen MR) is 187 cm³/mol. The number of carbonyl (C=O) groups is 3. The Bertz CT molecular complexity index is 951. The molecule has 1 atom stereocenters. The molecule has 45 heavy (non-hydrogen) atoms. The Labute approximate surface area is 274 Å². The van der Waals surface area contributed by atoms with Crippen molar-refractivity contribution in [3.05, 3.63) is 85.1 Å². The Balaban J connectivity index is 4.67. The molecule has 0 heterocycles. The van der Waals surface area contributed by atoms with Gasteiger partial charge < -0.3 is 14.2 Å². The average Bonchev–Trinajstić information content (AvgIpc) is 3.03. The van der Waals surface area contributed by atoms with Crippen LogP contribution in [0.4, 0.5) is 0 Å². The van der Waals surface area contributed by atoms with Gasteiger partial charge in [-0.15, -0.1) is 0 Å². The van der Waals surface area contributed by atoms with Gasteiger partial charge >= 0.3 is 17.9 Å². The number of hydrogen-bond donors (Lipinski definition) is 0. The zero-order valence-corrected chi connectivity index (χ0v) is 28.3. The highest BCUT2D eigenvalue weighted by molar-refractivity contribution is 5.72. The van der Waals surface area contributed by atoms with E-state index >= 15 is 0 Å². The van der Waals surface area contributed by atoms with Crippen LogP contribution in [-0.4, -0.2) is 37.2 Å². The van der Waals surface area contributed by atoms with E-state index in [4.69, 9.17) is 14.2 Å². The van der Waals surface area contributed by atoms with Gasteiger partial charge in [0.2, 0.25) is 0 Å². The third kappa shape index (κ3) is 31.8. The van der Waals surface area contributed by atoms with Gasteiger partial charge in [0.1, 0.15) is 13.2 Å². The SMILES string of the molecule is CC/C=C\C/C=C\C/C=C\CC(=O)OCC(COC(=O)CCC/C=C\CCCCCC)OC(=O)C/C=C\C/C=C\C/C=C\CC. The summed E-state index contributed by atoms with van der Waals surface area (Å²) in [4.78, 5) is 37.0. The molecule has 0 radical (unpaired) electrons. The maximum atomic E-state index is 12.4. The summed E-state index contributed by atoms with van der Waals surface area (Å²) in [5.74, 6) is -1.27. The second-order valence-corrected chi connectivity index (χ2v) is 10.7. The maximum absolute atomic E-state index is 12.4. The Morgan fingerprint density at radius 3 is 1.49 bits per heavy atom. The molecule has 0 bridgehead atoms. The van der Waals surface area contributed by atoms with E-state index in [1.807, 2.05) is 24.3 Å². The predicted octanol–water partition coefficient (Wildman–Crippen LogP) is 10.2. The van der Waals surface area contributed by atoms with Gasteiger partial charge in [-0.2, -0.15) is 0 Å². The standard InChI is InChI=1S/C39H60O6/c1-4-7-10-13-16-19-22-25-28-31-37(40)43-34-36(45-39(42)33-30-27-24-21-18-15-12-9-6-3)35-44-38(41)32-29-26-23-20-17-14-11-8-5-2/h7,9-10,12,16,18-21,23,25,27-28,30,36H,4-6,8,11,13-15,17,22,24,26,29,31-35H2,1-3H3/b10-7-,12-9-,19-16-,21-18-,23-20-,28-25-,30-27-. The van der Waals surface area contributed by atoms with E-state index in [0.717, 1.165) is 51.4 Å². The lowest BCUT2D eigenvalue weighted by molar-refractivity contribution is -0.166. The van der Waals surface area contributed by atoms with Crippen molar-refractivity contribution >= 4 is 17.9 Å². The van der Waals surface area contributed by atoms with Crippen molar-refractivity contribution < 1.29 is 28.6 Å². The number of allylic oxidation sites excluding steroid dienone is 12. The smallest absolute Gasteiger partial charge is 0.310 e. The Kier molecular flexibility index (Phi) is 30.9. The number of rotatable bonds is 28. The molecule has 0 saturated heterocycles. The fourth-order valence-corrected chi connectivity index (χ4v) is 3.92. The lowest BCUT2D eigenvalue weighted by atomic mass is 10.1. The normalized spacial score (nSPS) is 13.0. The maximum Gasteiger partial charge on any atom is 0.310 e. The molecule has 0 aliphatic heterocycles. The van der Waals surface area contributed by atoms with Gasteiger partial charge in [0.15, 0.2) is 6.10 Å². The number of hydrogen-bond acceptors (Lipinski definition) is 6. The quantitative estimate of drug-likeness (QED) is 0.0373. The summed E-state index contributed by atoms with van der Waals surface area (Å²) in [6, 6.07) is 0. The highest BCUT2D eigenvalue weighted by atomic mass is 16.6. The molecule has 0 aromatic carbocycles. The van der Waals surface area contributed by atoms with E-state index in [2.05, 4.69) is 69.4 Å². The fourth-order valence-electron chi connectivity index (χ4n) is 3.92. The van der Waals surface area contributed by atoms with E-state index in [-0.39, 0.29) is 38.4 Å². The monoisotopic (exact) mass is 624 g/mol. The summed E-state index contributed by atoms with van der Waals surface area (Å²) in [7, 11) is 0. The van der Waals surface area contributed by atoms with E-state index in [1.54, 1.807) is 12.2 Å². The minimum atomic E-state index is -0.866. The molecule has 0 saturated carbocycles. The lowest BCUT2D eigenvalue weighted by Crippen LogP contribution is -2.30. The molecule has 0 N–H and O–H groups in total. The van der Waals surface area contributed by atoms with Crippen LogP contribution in [0.15, 0.2) is 85.1 Å². The molecule has 0 aromatic rings. The highest BCUT2D eigenvalue weighted by Gasteiger charge is 2.18. The second kappa shape index (κ2) is 33.5. The molecule has 1 unspecified atom stereocenters. The summed E-state index contributed by atoms with van der Waals surface area (Å²) in [6.45, 7) is 6.08. The summed E-state index contributed by atoms with van der Waals surface area (Å²) < 4.78 is 16.2. The van der Waals surface area contributed by atoms with Gasteiger partial charge in [-0.3, -0.25) is 14.4 Å². The molecule has 0 spiro atoms. The van der Waals surface area contributed by atoms with Gasteiger partial charge in [-0.25, -0.2) is 0 Å². The van der Waals surface area contributed by atoms with Crippen LogP contribution in [0, 0.1) is 0 Å². The van der Waals surface area contributed by atoms with Crippen molar-refractivity contribution in [1.82, 2.24) is 0 Å². The molecular formula is C39H60O6. The van der Waals surface area contributed by atoms with E-state index in [9.17, 15) is 14.4 Å². The summed E-state index contributed by atoms with van der Waals surface area (Å²) in [6.07, 6.45) is 40.8. The van der Waals surface area contributed by atoms with E-state index in [0.29, 0.717) is 6.42 Å². The second-order valence-electron chi connectivity index (χ2n) is 10.7. The van der Waals surface area contributed by atoms with Crippen LogP contribution in [0.2, 0.25) is 0 Å². The molecule has 0 aliphatic rings. The van der Waals surface area contributed by atoms with Gasteiger partial charge in [-0.05, 0) is 64.2 Å². The molecule has 0 fully saturated rings. The molecule has 6 heteroatoms. The van der Waals surface area contributed by atoms with Crippen LogP contribution in [0.3, 0.4) is 0 Å². The lowest BCUT2D eigenvalue weighted by Gasteiger charge is -2.17. The van der Waals surface area contributed by atoms with Gasteiger partial charge in [0.25, 0.3) is 0 Å². The summed E-state index contributed by atoms with van der Waals surface area (Å²) in [5.41, 5.74) is 0. The Hall–Kier alpha value is -3.41. The van der Waals surface area contributed by atoms with E-state index in [1.165, 1.54) is 25.7 Å². The van der Waals surface area contributed by atoms with Crippen molar-refractivity contribution in [2.45, 2.75) is 130 Å². The van der Waals surface area contributed by atoms with Crippen LogP contribution in [-0.2, 0) is 28.6 Å².